The van der Waals surface area contributed by atoms with Crippen molar-refractivity contribution in [1.82, 2.24) is 25.1 Å². The number of aromatic nitrogens is 4. The Hall–Kier alpha value is -2.22. The van der Waals surface area contributed by atoms with E-state index < -0.39 is 0 Å². The van der Waals surface area contributed by atoms with Crippen LogP contribution in [0.5, 0.6) is 0 Å². The van der Waals surface area contributed by atoms with Crippen LogP contribution in [0.3, 0.4) is 0 Å². The Morgan fingerprint density at radius 2 is 1.81 bits per heavy atom. The van der Waals surface area contributed by atoms with E-state index in [0.29, 0.717) is 24.9 Å². The minimum Gasteiger partial charge on any atom is -0.342 e. The van der Waals surface area contributed by atoms with E-state index in [1.165, 1.54) is 11.8 Å². The Bertz CT molecular complexity index is 782. The quantitative estimate of drug-likeness (QED) is 0.572. The summed E-state index contributed by atoms with van der Waals surface area (Å²) in [6.45, 7) is 1.27. The van der Waals surface area contributed by atoms with E-state index in [0.717, 1.165) is 36.4 Å². The van der Waals surface area contributed by atoms with E-state index in [4.69, 9.17) is 0 Å². The first-order valence-corrected chi connectivity index (χ1v) is 9.98. The van der Waals surface area contributed by atoms with Crippen LogP contribution in [0.4, 0.5) is 0 Å². The smallest absolute Gasteiger partial charge is 0.233 e. The fraction of sp³-hybridized carbons (Fsp3) is 0.500. The topological polar surface area (TPSA) is 81.0 Å². The summed E-state index contributed by atoms with van der Waals surface area (Å²) in [6, 6.07) is 9.81. The molecule has 2 aliphatic rings. The molecular weight excluding hydrogens is 350 g/mol. The van der Waals surface area contributed by atoms with Gasteiger partial charge in [0.25, 0.3) is 0 Å². The van der Waals surface area contributed by atoms with E-state index in [2.05, 4.69) is 15.5 Å². The van der Waals surface area contributed by atoms with Crippen molar-refractivity contribution in [3.8, 4) is 0 Å². The summed E-state index contributed by atoms with van der Waals surface area (Å²) in [5.41, 5.74) is 0.764. The summed E-state index contributed by atoms with van der Waals surface area (Å²) in [5.74, 6) is 0.627. The Morgan fingerprint density at radius 3 is 2.50 bits per heavy atom. The first kappa shape index (κ1) is 17.2. The van der Waals surface area contributed by atoms with Crippen LogP contribution in [0.1, 0.15) is 42.1 Å². The first-order valence-electron chi connectivity index (χ1n) is 9.00. The highest BCUT2D eigenvalue weighted by Gasteiger charge is 2.30. The molecule has 0 unspecified atom stereocenters. The molecule has 0 bridgehead atoms. The molecule has 1 amide bonds. The Balaban J connectivity index is 1.27. The van der Waals surface area contributed by atoms with E-state index in [9.17, 15) is 9.59 Å². The van der Waals surface area contributed by atoms with Crippen LogP contribution < -0.4 is 0 Å². The fourth-order valence-electron chi connectivity index (χ4n) is 3.28. The Labute approximate surface area is 156 Å². The maximum Gasteiger partial charge on any atom is 0.233 e. The largest absolute Gasteiger partial charge is 0.342 e. The van der Waals surface area contributed by atoms with E-state index >= 15 is 0 Å². The lowest BCUT2D eigenvalue weighted by molar-refractivity contribution is -0.129. The van der Waals surface area contributed by atoms with Crippen molar-refractivity contribution in [2.75, 3.05) is 18.8 Å². The molecule has 1 aliphatic carbocycles. The molecule has 0 atom stereocenters. The summed E-state index contributed by atoms with van der Waals surface area (Å²) in [5, 5.41) is 12.4. The van der Waals surface area contributed by atoms with Crippen molar-refractivity contribution in [3.05, 3.63) is 35.9 Å². The van der Waals surface area contributed by atoms with Gasteiger partial charge in [-0.05, 0) is 36.1 Å². The molecule has 136 valence electrons. The molecule has 1 aliphatic heterocycles. The zero-order valence-corrected chi connectivity index (χ0v) is 15.3. The van der Waals surface area contributed by atoms with Crippen LogP contribution in [0.25, 0.3) is 0 Å². The van der Waals surface area contributed by atoms with Gasteiger partial charge in [0.2, 0.25) is 11.1 Å². The molecule has 1 saturated heterocycles. The normalized spacial score (nSPS) is 18.1. The molecule has 0 radical (unpaired) electrons. The molecule has 0 N–H and O–H groups in total. The van der Waals surface area contributed by atoms with E-state index in [1.807, 2.05) is 39.9 Å². The monoisotopic (exact) mass is 371 g/mol. The Morgan fingerprint density at radius 1 is 1.08 bits per heavy atom. The van der Waals surface area contributed by atoms with Gasteiger partial charge < -0.3 is 4.90 Å². The van der Waals surface area contributed by atoms with E-state index in [1.54, 1.807) is 0 Å². The van der Waals surface area contributed by atoms with Crippen LogP contribution in [0, 0.1) is 5.92 Å². The predicted molar refractivity (Wildman–Crippen MR) is 96.9 cm³/mol. The summed E-state index contributed by atoms with van der Waals surface area (Å²) in [4.78, 5) is 26.9. The van der Waals surface area contributed by atoms with Crippen LogP contribution in [0.2, 0.25) is 0 Å². The van der Waals surface area contributed by atoms with Crippen molar-refractivity contribution < 1.29 is 9.59 Å². The Kier molecular flexibility index (Phi) is 5.01. The molecule has 1 aromatic carbocycles. The molecule has 7 nitrogen and oxygen atoms in total. The third-order valence-electron chi connectivity index (χ3n) is 4.96. The van der Waals surface area contributed by atoms with Gasteiger partial charge >= 0.3 is 0 Å². The number of thioether (sulfide) groups is 1. The molecule has 2 fully saturated rings. The van der Waals surface area contributed by atoms with Gasteiger partial charge in [-0.3, -0.25) is 9.59 Å². The van der Waals surface area contributed by atoms with Crippen molar-refractivity contribution in [1.29, 1.82) is 0 Å². The molecule has 1 saturated carbocycles. The van der Waals surface area contributed by atoms with Gasteiger partial charge in [0, 0.05) is 24.6 Å². The number of tetrazole rings is 1. The third-order valence-corrected chi connectivity index (χ3v) is 5.88. The van der Waals surface area contributed by atoms with Gasteiger partial charge in [-0.15, -0.1) is 5.10 Å². The standard InChI is InChI=1S/C18H21N5O2S/c24-16(12-26-18-19-20-21-23(18)15-6-7-15)22-10-8-14(9-11-22)17(25)13-4-2-1-3-5-13/h1-5,14-15H,6-12H2. The number of ketones is 1. The number of likely N-dealkylation sites (tertiary alicyclic amines) is 1. The number of amides is 1. The lowest BCUT2D eigenvalue weighted by Gasteiger charge is -2.31. The van der Waals surface area contributed by atoms with Gasteiger partial charge in [0.1, 0.15) is 0 Å². The maximum atomic E-state index is 12.5. The van der Waals surface area contributed by atoms with Crippen LogP contribution in [-0.4, -0.2) is 55.6 Å². The molecule has 0 spiro atoms. The summed E-state index contributed by atoms with van der Waals surface area (Å²) in [7, 11) is 0. The number of carbonyl (C=O) groups is 2. The number of nitrogens with zero attached hydrogens (tertiary/aromatic N) is 5. The first-order chi connectivity index (χ1) is 12.7. The van der Waals surface area contributed by atoms with Crippen LogP contribution in [0.15, 0.2) is 35.5 Å². The number of Topliss-reactive ketones (excluding diaryl/α,β-unsaturated/α-hetero) is 1. The minimum atomic E-state index is 0.0104. The highest BCUT2D eigenvalue weighted by atomic mass is 32.2. The zero-order chi connectivity index (χ0) is 17.9. The number of piperidine rings is 1. The van der Waals surface area contributed by atoms with E-state index in [-0.39, 0.29) is 17.6 Å². The second-order valence-electron chi connectivity index (χ2n) is 6.81. The fourth-order valence-corrected chi connectivity index (χ4v) is 4.12. The second-order valence-corrected chi connectivity index (χ2v) is 7.75. The zero-order valence-electron chi connectivity index (χ0n) is 14.5. The second kappa shape index (κ2) is 7.57. The number of rotatable bonds is 6. The van der Waals surface area contributed by atoms with Crippen LogP contribution in [-0.2, 0) is 4.79 Å². The SMILES string of the molecule is O=C(c1ccccc1)C1CCN(C(=O)CSc2nnnn2C2CC2)CC1. The highest BCUT2D eigenvalue weighted by Crippen LogP contribution is 2.36. The molecular formula is C18H21N5O2S. The third kappa shape index (κ3) is 3.80. The number of benzene rings is 1. The van der Waals surface area contributed by atoms with Gasteiger partial charge in [0.05, 0.1) is 11.8 Å². The minimum absolute atomic E-state index is 0.0104. The number of hydrogen-bond donors (Lipinski definition) is 0. The van der Waals surface area contributed by atoms with Crippen molar-refractivity contribution in [3.63, 3.8) is 0 Å². The lowest BCUT2D eigenvalue weighted by Crippen LogP contribution is -2.41. The van der Waals surface area contributed by atoms with Gasteiger partial charge in [-0.1, -0.05) is 42.1 Å². The summed E-state index contributed by atoms with van der Waals surface area (Å²) >= 11 is 1.40. The molecule has 1 aromatic heterocycles. The van der Waals surface area contributed by atoms with Gasteiger partial charge in [0.15, 0.2) is 5.78 Å². The highest BCUT2D eigenvalue weighted by molar-refractivity contribution is 7.99. The average Bonchev–Trinajstić information content (AvgIpc) is 3.44. The van der Waals surface area contributed by atoms with Crippen molar-refractivity contribution >= 4 is 23.5 Å². The number of hydrogen-bond acceptors (Lipinski definition) is 6. The van der Waals surface area contributed by atoms with Gasteiger partial charge in [-0.25, -0.2) is 4.68 Å². The van der Waals surface area contributed by atoms with Crippen LogP contribution >= 0.6 is 11.8 Å². The predicted octanol–water partition coefficient (Wildman–Crippen LogP) is 2.22. The molecule has 2 heterocycles. The molecule has 4 rings (SSSR count). The molecule has 2 aromatic rings. The number of carbonyl (C=O) groups excluding carboxylic acids is 2. The van der Waals surface area contributed by atoms with Crippen molar-refractivity contribution in [2.45, 2.75) is 36.9 Å². The summed E-state index contributed by atoms with van der Waals surface area (Å²) < 4.78 is 1.82. The summed E-state index contributed by atoms with van der Waals surface area (Å²) in [6.07, 6.45) is 3.67. The van der Waals surface area contributed by atoms with Gasteiger partial charge in [-0.2, -0.15) is 0 Å². The maximum absolute atomic E-state index is 12.5. The van der Waals surface area contributed by atoms with Crippen molar-refractivity contribution in [2.24, 2.45) is 5.92 Å². The lowest BCUT2D eigenvalue weighted by atomic mass is 9.89. The molecule has 8 heteroatoms. The molecule has 26 heavy (non-hydrogen) atoms. The average molecular weight is 371 g/mol.